The molecular formula is C30H32F3N5O6S. The van der Waals surface area contributed by atoms with Crippen LogP contribution in [0, 0.1) is 10.1 Å². The molecule has 0 radical (unpaired) electrons. The standard InChI is InChI=1S/C30H32F3N5O6S/c1-20(27(39)36-23-12-10-22(11-13-23)30(31,32)33)35-28(40)26(34)9-5-6-18-37(29(41)44-19-21-7-3-2-4-8-21)45-25-16-14-24(15-17-25)38(42)43/h2-4,7-8,10-17,20,26H,5-6,9,18-19,34H2,1H3,(H,35,40)(H,36,39)/t20-,26-/m0/s1. The SMILES string of the molecule is C[C@H](NC(=O)[C@@H](N)CCCCN(Sc1ccc([N+](=O)[O-])cc1)C(=O)OCc1ccccc1)C(=O)Nc1ccc(C(F)(F)F)cc1. The number of non-ortho nitro benzene ring substituents is 1. The first kappa shape index (κ1) is 34.9. The summed E-state index contributed by atoms with van der Waals surface area (Å²) >= 11 is 1.06. The van der Waals surface area contributed by atoms with Crippen molar-refractivity contribution in [3.05, 3.63) is 100 Å². The summed E-state index contributed by atoms with van der Waals surface area (Å²) in [5, 5.41) is 15.9. The van der Waals surface area contributed by atoms with E-state index in [9.17, 15) is 37.7 Å². The van der Waals surface area contributed by atoms with Gasteiger partial charge in [0.25, 0.3) is 5.69 Å². The van der Waals surface area contributed by atoms with Gasteiger partial charge in [-0.25, -0.2) is 9.10 Å². The molecule has 0 heterocycles. The van der Waals surface area contributed by atoms with Crippen LogP contribution in [0.2, 0.25) is 0 Å². The lowest BCUT2D eigenvalue weighted by molar-refractivity contribution is -0.384. The molecule has 0 saturated carbocycles. The number of nitro groups is 1. The number of anilines is 1. The van der Waals surface area contributed by atoms with Crippen LogP contribution in [-0.2, 0) is 27.1 Å². The van der Waals surface area contributed by atoms with Crippen molar-refractivity contribution >= 4 is 41.2 Å². The Morgan fingerprint density at radius 2 is 1.62 bits per heavy atom. The number of unbranched alkanes of at least 4 members (excludes halogenated alkanes) is 1. The number of amides is 3. The fraction of sp³-hybridized carbons (Fsp3) is 0.300. The second kappa shape index (κ2) is 16.4. The van der Waals surface area contributed by atoms with E-state index in [0.29, 0.717) is 17.7 Å². The Hall–Kier alpha value is -4.63. The number of nitro benzene ring substituents is 1. The number of nitrogens with zero attached hydrogens (tertiary/aromatic N) is 2. The summed E-state index contributed by atoms with van der Waals surface area (Å²) in [5.74, 6) is -1.23. The minimum Gasteiger partial charge on any atom is -0.444 e. The minimum atomic E-state index is -4.50. The Kier molecular flexibility index (Phi) is 12.7. The van der Waals surface area contributed by atoms with Gasteiger partial charge in [-0.3, -0.25) is 19.7 Å². The molecule has 2 atom stereocenters. The number of rotatable bonds is 14. The molecule has 3 aromatic rings. The van der Waals surface area contributed by atoms with Crippen molar-refractivity contribution < 1.29 is 37.2 Å². The molecule has 0 aliphatic carbocycles. The number of alkyl halides is 3. The van der Waals surface area contributed by atoms with Crippen LogP contribution in [-0.4, -0.2) is 45.8 Å². The molecule has 15 heteroatoms. The number of nitrogens with one attached hydrogen (secondary N) is 2. The first-order valence-electron chi connectivity index (χ1n) is 13.8. The van der Waals surface area contributed by atoms with Gasteiger partial charge in [-0.2, -0.15) is 13.2 Å². The summed E-state index contributed by atoms with van der Waals surface area (Å²) in [7, 11) is 0. The van der Waals surface area contributed by atoms with Crippen LogP contribution < -0.4 is 16.4 Å². The van der Waals surface area contributed by atoms with Gasteiger partial charge < -0.3 is 21.1 Å². The van der Waals surface area contributed by atoms with Crippen LogP contribution in [0.15, 0.2) is 83.8 Å². The summed E-state index contributed by atoms with van der Waals surface area (Å²) in [4.78, 5) is 48.9. The molecule has 0 fully saturated rings. The molecule has 3 aromatic carbocycles. The van der Waals surface area contributed by atoms with Crippen molar-refractivity contribution in [2.45, 2.75) is 55.9 Å². The third kappa shape index (κ3) is 11.4. The maximum Gasteiger partial charge on any atom is 0.420 e. The molecule has 0 saturated heterocycles. The van der Waals surface area contributed by atoms with Gasteiger partial charge in [0.1, 0.15) is 12.6 Å². The molecule has 45 heavy (non-hydrogen) atoms. The summed E-state index contributed by atoms with van der Waals surface area (Å²) in [6.45, 7) is 1.68. The van der Waals surface area contributed by atoms with Gasteiger partial charge in [0, 0.05) is 29.3 Å². The number of hydrogen-bond acceptors (Lipinski definition) is 8. The molecule has 11 nitrogen and oxygen atoms in total. The fourth-order valence-corrected chi connectivity index (χ4v) is 4.71. The van der Waals surface area contributed by atoms with Gasteiger partial charge >= 0.3 is 12.3 Å². The lowest BCUT2D eigenvalue weighted by atomic mass is 10.1. The van der Waals surface area contributed by atoms with Crippen molar-refractivity contribution in [3.63, 3.8) is 0 Å². The number of halogens is 3. The van der Waals surface area contributed by atoms with Crippen molar-refractivity contribution in [1.82, 2.24) is 9.62 Å². The average molecular weight is 648 g/mol. The number of ether oxygens (including phenoxy) is 1. The molecule has 0 aromatic heterocycles. The quantitative estimate of drug-likeness (QED) is 0.0845. The number of nitrogens with two attached hydrogens (primary N) is 1. The highest BCUT2D eigenvalue weighted by Gasteiger charge is 2.30. The fourth-order valence-electron chi connectivity index (χ4n) is 3.85. The third-order valence-corrected chi connectivity index (χ3v) is 7.40. The lowest BCUT2D eigenvalue weighted by Gasteiger charge is -2.21. The van der Waals surface area contributed by atoms with Crippen LogP contribution >= 0.6 is 11.9 Å². The third-order valence-electron chi connectivity index (χ3n) is 6.37. The van der Waals surface area contributed by atoms with E-state index in [1.165, 1.54) is 35.5 Å². The Morgan fingerprint density at radius 1 is 0.978 bits per heavy atom. The maximum absolute atomic E-state index is 12.9. The van der Waals surface area contributed by atoms with Gasteiger partial charge in [0.15, 0.2) is 0 Å². The molecule has 240 valence electrons. The van der Waals surface area contributed by atoms with E-state index in [1.807, 2.05) is 30.3 Å². The largest absolute Gasteiger partial charge is 0.444 e. The Bertz CT molecular complexity index is 1440. The van der Waals surface area contributed by atoms with Crippen LogP contribution in [0.1, 0.15) is 37.3 Å². The average Bonchev–Trinajstić information content (AvgIpc) is 3.01. The van der Waals surface area contributed by atoms with E-state index in [1.54, 1.807) is 0 Å². The molecule has 0 bridgehead atoms. The Morgan fingerprint density at radius 3 is 2.22 bits per heavy atom. The normalized spacial score (nSPS) is 12.5. The van der Waals surface area contributed by atoms with Gasteiger partial charge in [-0.15, -0.1) is 0 Å². The zero-order valence-electron chi connectivity index (χ0n) is 24.2. The first-order chi connectivity index (χ1) is 21.3. The molecule has 0 aliphatic heterocycles. The van der Waals surface area contributed by atoms with E-state index in [0.717, 1.165) is 41.8 Å². The molecule has 4 N–H and O–H groups in total. The van der Waals surface area contributed by atoms with Crippen LogP contribution in [0.4, 0.5) is 29.3 Å². The predicted octanol–water partition coefficient (Wildman–Crippen LogP) is 5.90. The lowest BCUT2D eigenvalue weighted by Crippen LogP contribution is -2.48. The van der Waals surface area contributed by atoms with Crippen molar-refractivity contribution in [2.24, 2.45) is 5.73 Å². The molecule has 0 spiro atoms. The van der Waals surface area contributed by atoms with Gasteiger partial charge in [0.05, 0.1) is 16.5 Å². The second-order valence-corrected chi connectivity index (χ2v) is 11.0. The minimum absolute atomic E-state index is 0.0483. The van der Waals surface area contributed by atoms with Crippen LogP contribution in [0.5, 0.6) is 0 Å². The first-order valence-corrected chi connectivity index (χ1v) is 14.6. The number of carbonyl (C=O) groups is 3. The van der Waals surface area contributed by atoms with Gasteiger partial charge in [0.2, 0.25) is 11.8 Å². The number of benzene rings is 3. The molecule has 0 aliphatic rings. The monoisotopic (exact) mass is 647 g/mol. The summed E-state index contributed by atoms with van der Waals surface area (Å²) < 4.78 is 45.0. The smallest absolute Gasteiger partial charge is 0.420 e. The summed E-state index contributed by atoms with van der Waals surface area (Å²) in [6.07, 6.45) is -4.02. The van der Waals surface area contributed by atoms with E-state index >= 15 is 0 Å². The van der Waals surface area contributed by atoms with Gasteiger partial charge in [-0.05, 0) is 80.1 Å². The van der Waals surface area contributed by atoms with E-state index in [-0.39, 0.29) is 30.9 Å². The van der Waals surface area contributed by atoms with Crippen molar-refractivity contribution in [3.8, 4) is 0 Å². The van der Waals surface area contributed by atoms with Gasteiger partial charge in [-0.1, -0.05) is 30.3 Å². The van der Waals surface area contributed by atoms with E-state index in [2.05, 4.69) is 10.6 Å². The number of hydrogen-bond donors (Lipinski definition) is 3. The second-order valence-electron chi connectivity index (χ2n) is 9.88. The predicted molar refractivity (Wildman–Crippen MR) is 162 cm³/mol. The van der Waals surface area contributed by atoms with E-state index in [4.69, 9.17) is 10.5 Å². The molecular weight excluding hydrogens is 615 g/mol. The molecule has 3 rings (SSSR count). The highest BCUT2D eigenvalue weighted by atomic mass is 32.2. The summed E-state index contributed by atoms with van der Waals surface area (Å²) in [5.41, 5.74) is 6.00. The van der Waals surface area contributed by atoms with Crippen molar-refractivity contribution in [2.75, 3.05) is 11.9 Å². The Labute approximate surface area is 261 Å². The highest BCUT2D eigenvalue weighted by Crippen LogP contribution is 2.30. The number of carbonyl (C=O) groups excluding carboxylic acids is 3. The van der Waals surface area contributed by atoms with E-state index < -0.39 is 46.7 Å². The Balaban J connectivity index is 1.48. The molecule has 3 amide bonds. The van der Waals surface area contributed by atoms with Crippen molar-refractivity contribution in [1.29, 1.82) is 0 Å². The molecule has 0 unspecified atom stereocenters. The maximum atomic E-state index is 12.9. The van der Waals surface area contributed by atoms with Crippen LogP contribution in [0.3, 0.4) is 0 Å². The zero-order valence-corrected chi connectivity index (χ0v) is 25.0. The summed E-state index contributed by atoms with van der Waals surface area (Å²) in [6, 6.07) is 16.7. The van der Waals surface area contributed by atoms with Crippen LogP contribution in [0.25, 0.3) is 0 Å². The zero-order chi connectivity index (χ0) is 33.0. The topological polar surface area (TPSA) is 157 Å². The highest BCUT2D eigenvalue weighted by molar-refractivity contribution is 7.97.